The van der Waals surface area contributed by atoms with E-state index < -0.39 is 5.97 Å². The number of nitrogens with zero attached hydrogens (tertiary/aromatic N) is 1. The Morgan fingerprint density at radius 3 is 2.87 bits per heavy atom. The monoisotopic (exact) mass is 203 g/mol. The van der Waals surface area contributed by atoms with Crippen LogP contribution in [0.4, 0.5) is 0 Å². The minimum Gasteiger partial charge on any atom is -0.478 e. The number of carboxylic acids is 1. The van der Waals surface area contributed by atoms with Crippen LogP contribution < -0.4 is 0 Å². The van der Waals surface area contributed by atoms with E-state index >= 15 is 0 Å². The molecule has 76 valence electrons. The van der Waals surface area contributed by atoms with Crippen molar-refractivity contribution < 1.29 is 14.3 Å². The van der Waals surface area contributed by atoms with E-state index in [4.69, 9.17) is 9.52 Å². The van der Waals surface area contributed by atoms with Gasteiger partial charge < -0.3 is 9.52 Å². The van der Waals surface area contributed by atoms with Crippen LogP contribution >= 0.6 is 0 Å². The van der Waals surface area contributed by atoms with Gasteiger partial charge in [-0.25, -0.2) is 9.78 Å². The largest absolute Gasteiger partial charge is 0.478 e. The summed E-state index contributed by atoms with van der Waals surface area (Å²) >= 11 is 0. The molecule has 0 amide bonds. The van der Waals surface area contributed by atoms with Crippen molar-refractivity contribution in [3.8, 4) is 11.5 Å². The molecule has 4 nitrogen and oxygen atoms in total. The maximum atomic E-state index is 11.0. The lowest BCUT2D eigenvalue weighted by Crippen LogP contribution is -2.01. The second-order valence-electron chi connectivity index (χ2n) is 3.14. The van der Waals surface area contributed by atoms with E-state index in [-0.39, 0.29) is 5.56 Å². The Bertz CT molecular complexity index is 489. The lowest BCUT2D eigenvalue weighted by molar-refractivity contribution is 0.0697. The Morgan fingerprint density at radius 2 is 2.27 bits per heavy atom. The molecular weight excluding hydrogens is 194 g/mol. The first-order valence-electron chi connectivity index (χ1n) is 4.43. The van der Waals surface area contributed by atoms with Gasteiger partial charge in [0, 0.05) is 0 Å². The molecule has 1 heterocycles. The van der Waals surface area contributed by atoms with E-state index in [0.29, 0.717) is 11.5 Å². The van der Waals surface area contributed by atoms with Gasteiger partial charge in [0.15, 0.2) is 0 Å². The third-order valence-electron chi connectivity index (χ3n) is 2.15. The molecule has 0 aliphatic heterocycles. The number of hydrogen-bond acceptors (Lipinski definition) is 3. The van der Waals surface area contributed by atoms with Crippen molar-refractivity contribution in [1.82, 2.24) is 4.98 Å². The van der Waals surface area contributed by atoms with Crippen LogP contribution in [-0.2, 0) is 0 Å². The van der Waals surface area contributed by atoms with E-state index in [9.17, 15) is 4.79 Å². The highest BCUT2D eigenvalue weighted by atomic mass is 16.4. The standard InChI is InChI=1S/C11H9NO3/c1-7-3-2-4-8(11(13)14)9(7)10-12-5-6-15-10/h2-6H,1H3,(H,13,14). The molecule has 0 radical (unpaired) electrons. The van der Waals surface area contributed by atoms with Crippen molar-refractivity contribution in [2.75, 3.05) is 0 Å². The SMILES string of the molecule is Cc1cccc(C(=O)O)c1-c1ncco1. The summed E-state index contributed by atoms with van der Waals surface area (Å²) in [5.41, 5.74) is 1.57. The maximum absolute atomic E-state index is 11.0. The summed E-state index contributed by atoms with van der Waals surface area (Å²) in [5, 5.41) is 9.02. The van der Waals surface area contributed by atoms with Gasteiger partial charge in [-0.05, 0) is 18.6 Å². The van der Waals surface area contributed by atoms with E-state index in [1.54, 1.807) is 6.07 Å². The van der Waals surface area contributed by atoms with Crippen LogP contribution in [0.1, 0.15) is 15.9 Å². The average molecular weight is 203 g/mol. The second-order valence-corrected chi connectivity index (χ2v) is 3.14. The molecule has 0 aliphatic carbocycles. The smallest absolute Gasteiger partial charge is 0.336 e. The minimum atomic E-state index is -0.980. The Hall–Kier alpha value is -2.10. The highest BCUT2D eigenvalue weighted by Crippen LogP contribution is 2.25. The van der Waals surface area contributed by atoms with Crippen molar-refractivity contribution in [3.05, 3.63) is 41.8 Å². The summed E-state index contributed by atoms with van der Waals surface area (Å²) in [6.45, 7) is 1.83. The topological polar surface area (TPSA) is 63.3 Å². The summed E-state index contributed by atoms with van der Waals surface area (Å²) in [5.74, 6) is -0.641. The zero-order valence-corrected chi connectivity index (χ0v) is 8.10. The highest BCUT2D eigenvalue weighted by Gasteiger charge is 2.16. The molecule has 0 aliphatic rings. The quantitative estimate of drug-likeness (QED) is 0.813. The first-order valence-corrected chi connectivity index (χ1v) is 4.43. The van der Waals surface area contributed by atoms with Gasteiger partial charge in [0.25, 0.3) is 0 Å². The summed E-state index contributed by atoms with van der Waals surface area (Å²) in [6, 6.07) is 5.06. The molecule has 0 saturated heterocycles. The molecule has 15 heavy (non-hydrogen) atoms. The van der Waals surface area contributed by atoms with Crippen LogP contribution in [0.2, 0.25) is 0 Å². The third kappa shape index (κ3) is 1.61. The number of aryl methyl sites for hydroxylation is 1. The van der Waals surface area contributed by atoms with Crippen molar-refractivity contribution in [2.45, 2.75) is 6.92 Å². The molecule has 2 rings (SSSR count). The molecule has 0 bridgehead atoms. The zero-order chi connectivity index (χ0) is 10.8. The predicted octanol–water partition coefficient (Wildman–Crippen LogP) is 2.35. The third-order valence-corrected chi connectivity index (χ3v) is 2.15. The van der Waals surface area contributed by atoms with Crippen LogP contribution in [-0.4, -0.2) is 16.1 Å². The Kier molecular flexibility index (Phi) is 2.25. The van der Waals surface area contributed by atoms with Gasteiger partial charge in [-0.2, -0.15) is 0 Å². The Morgan fingerprint density at radius 1 is 1.47 bits per heavy atom. The normalized spacial score (nSPS) is 10.2. The van der Waals surface area contributed by atoms with Crippen LogP contribution in [0.15, 0.2) is 35.1 Å². The molecule has 1 N–H and O–H groups in total. The molecule has 0 spiro atoms. The van der Waals surface area contributed by atoms with Crippen LogP contribution in [0, 0.1) is 6.92 Å². The van der Waals surface area contributed by atoms with Crippen LogP contribution in [0.25, 0.3) is 11.5 Å². The minimum absolute atomic E-state index is 0.206. The number of aromatic carboxylic acids is 1. The van der Waals surface area contributed by atoms with Crippen molar-refractivity contribution in [1.29, 1.82) is 0 Å². The average Bonchev–Trinajstić information content (AvgIpc) is 2.70. The van der Waals surface area contributed by atoms with Gasteiger partial charge in [-0.1, -0.05) is 12.1 Å². The van der Waals surface area contributed by atoms with Crippen molar-refractivity contribution in [3.63, 3.8) is 0 Å². The second kappa shape index (κ2) is 3.57. The fraction of sp³-hybridized carbons (Fsp3) is 0.0909. The lowest BCUT2D eigenvalue weighted by Gasteiger charge is -2.05. The molecular formula is C11H9NO3. The van der Waals surface area contributed by atoms with E-state index in [2.05, 4.69) is 4.98 Å². The molecule has 0 atom stereocenters. The lowest BCUT2D eigenvalue weighted by atomic mass is 10.0. The molecule has 1 aromatic carbocycles. The number of carbonyl (C=O) groups is 1. The Labute approximate surface area is 86.2 Å². The highest BCUT2D eigenvalue weighted by molar-refractivity contribution is 5.95. The van der Waals surface area contributed by atoms with Crippen LogP contribution in [0.3, 0.4) is 0 Å². The summed E-state index contributed by atoms with van der Waals surface area (Å²) < 4.78 is 5.12. The maximum Gasteiger partial charge on any atom is 0.336 e. The van der Waals surface area contributed by atoms with Gasteiger partial charge in [-0.15, -0.1) is 0 Å². The number of benzene rings is 1. The fourth-order valence-electron chi connectivity index (χ4n) is 1.48. The van der Waals surface area contributed by atoms with Crippen LogP contribution in [0.5, 0.6) is 0 Å². The Balaban J connectivity index is 2.68. The summed E-state index contributed by atoms with van der Waals surface area (Å²) in [6.07, 6.45) is 2.92. The zero-order valence-electron chi connectivity index (χ0n) is 8.10. The fourth-order valence-corrected chi connectivity index (χ4v) is 1.48. The molecule has 1 aromatic heterocycles. The number of aromatic nitrogens is 1. The van der Waals surface area contributed by atoms with Gasteiger partial charge >= 0.3 is 5.97 Å². The molecule has 0 unspecified atom stereocenters. The van der Waals surface area contributed by atoms with Gasteiger partial charge in [0.05, 0.1) is 17.3 Å². The van der Waals surface area contributed by atoms with E-state index in [0.717, 1.165) is 5.56 Å². The number of rotatable bonds is 2. The van der Waals surface area contributed by atoms with E-state index in [1.165, 1.54) is 18.5 Å². The number of oxazole rings is 1. The number of hydrogen-bond donors (Lipinski definition) is 1. The number of carboxylic acid groups (broad SMARTS) is 1. The first kappa shape index (κ1) is 9.45. The predicted molar refractivity (Wildman–Crippen MR) is 53.6 cm³/mol. The van der Waals surface area contributed by atoms with Gasteiger partial charge in [0.2, 0.25) is 5.89 Å². The van der Waals surface area contributed by atoms with Crippen molar-refractivity contribution in [2.24, 2.45) is 0 Å². The van der Waals surface area contributed by atoms with E-state index in [1.807, 2.05) is 13.0 Å². The van der Waals surface area contributed by atoms with Crippen molar-refractivity contribution >= 4 is 5.97 Å². The molecule has 0 fully saturated rings. The summed E-state index contributed by atoms with van der Waals surface area (Å²) in [7, 11) is 0. The van der Waals surface area contributed by atoms with Gasteiger partial charge in [0.1, 0.15) is 6.26 Å². The van der Waals surface area contributed by atoms with Gasteiger partial charge in [-0.3, -0.25) is 0 Å². The molecule has 4 heteroatoms. The molecule has 0 saturated carbocycles. The molecule has 2 aromatic rings. The summed E-state index contributed by atoms with van der Waals surface area (Å²) in [4.78, 5) is 15.0. The first-order chi connectivity index (χ1) is 7.20.